The third kappa shape index (κ3) is 3.93. The molecule has 24 heavy (non-hydrogen) atoms. The number of aryl methyl sites for hydroxylation is 1. The fourth-order valence-corrected chi connectivity index (χ4v) is 4.02. The lowest BCUT2D eigenvalue weighted by molar-refractivity contribution is -0.151. The van der Waals surface area contributed by atoms with Crippen LogP contribution in [-0.2, 0) is 20.7 Å². The lowest BCUT2D eigenvalue weighted by atomic mass is 9.98. The van der Waals surface area contributed by atoms with E-state index in [-0.39, 0.29) is 17.8 Å². The highest BCUT2D eigenvalue weighted by molar-refractivity contribution is 7.18. The number of amides is 1. The maximum atomic E-state index is 12.5. The molecule has 3 rings (SSSR count). The van der Waals surface area contributed by atoms with Crippen LogP contribution < -0.4 is 0 Å². The molecule has 1 fully saturated rings. The average molecular weight is 346 g/mol. The van der Waals surface area contributed by atoms with Crippen LogP contribution in [-0.4, -0.2) is 41.5 Å². The van der Waals surface area contributed by atoms with Gasteiger partial charge in [0.2, 0.25) is 5.91 Å². The Kier molecular flexibility index (Phi) is 5.45. The number of aromatic nitrogens is 1. The first-order valence-corrected chi connectivity index (χ1v) is 9.28. The van der Waals surface area contributed by atoms with Gasteiger partial charge in [0.25, 0.3) is 0 Å². The Morgan fingerprint density at radius 2 is 2.21 bits per heavy atom. The molecule has 0 bridgehead atoms. The van der Waals surface area contributed by atoms with Gasteiger partial charge in [-0.2, -0.15) is 0 Å². The quantitative estimate of drug-likeness (QED) is 0.781. The van der Waals surface area contributed by atoms with Crippen LogP contribution in [0.3, 0.4) is 0 Å². The molecule has 0 radical (unpaired) electrons. The highest BCUT2D eigenvalue weighted by atomic mass is 32.1. The summed E-state index contributed by atoms with van der Waals surface area (Å²) in [6, 6.07) is 8.01. The van der Waals surface area contributed by atoms with E-state index in [1.807, 2.05) is 31.2 Å². The Morgan fingerprint density at radius 3 is 3.00 bits per heavy atom. The molecule has 0 spiro atoms. The van der Waals surface area contributed by atoms with E-state index in [2.05, 4.69) is 4.98 Å². The van der Waals surface area contributed by atoms with E-state index in [1.54, 1.807) is 16.2 Å². The molecule has 0 unspecified atom stereocenters. The lowest BCUT2D eigenvalue weighted by Gasteiger charge is -2.31. The van der Waals surface area contributed by atoms with Gasteiger partial charge >= 0.3 is 5.97 Å². The number of carbonyl (C=O) groups excluding carboxylic acids is 2. The number of thiazole rings is 1. The van der Waals surface area contributed by atoms with Crippen LogP contribution in [0.5, 0.6) is 0 Å². The summed E-state index contributed by atoms with van der Waals surface area (Å²) in [5.41, 5.74) is 0.991. The van der Waals surface area contributed by atoms with Crippen molar-refractivity contribution in [3.05, 3.63) is 29.3 Å². The van der Waals surface area contributed by atoms with E-state index in [0.717, 1.165) is 34.6 Å². The molecule has 1 aromatic carbocycles. The normalized spacial score (nSPS) is 17.9. The summed E-state index contributed by atoms with van der Waals surface area (Å²) in [5, 5.41) is 0.989. The second-order valence-corrected chi connectivity index (χ2v) is 7.12. The van der Waals surface area contributed by atoms with Crippen LogP contribution >= 0.6 is 11.3 Å². The van der Waals surface area contributed by atoms with E-state index in [1.165, 1.54) is 0 Å². The molecular formula is C18H22N2O3S. The number of hydrogen-bond donors (Lipinski definition) is 0. The van der Waals surface area contributed by atoms with Crippen molar-refractivity contribution in [3.8, 4) is 0 Å². The first-order valence-electron chi connectivity index (χ1n) is 8.46. The van der Waals surface area contributed by atoms with Crippen molar-refractivity contribution in [1.29, 1.82) is 0 Å². The number of nitrogens with zero attached hydrogens (tertiary/aromatic N) is 2. The molecule has 0 N–H and O–H groups in total. The predicted octanol–water partition coefficient (Wildman–Crippen LogP) is 3.03. The molecule has 1 aromatic heterocycles. The van der Waals surface area contributed by atoms with Gasteiger partial charge in [-0.05, 0) is 31.9 Å². The van der Waals surface area contributed by atoms with E-state index in [9.17, 15) is 9.59 Å². The number of likely N-dealkylation sites (tertiary alicyclic amines) is 1. The molecule has 0 aliphatic carbocycles. The number of benzene rings is 1. The second-order valence-electron chi connectivity index (χ2n) is 6.01. The molecular weight excluding hydrogens is 324 g/mol. The van der Waals surface area contributed by atoms with Crippen molar-refractivity contribution in [2.45, 2.75) is 32.6 Å². The van der Waals surface area contributed by atoms with Gasteiger partial charge in [-0.3, -0.25) is 9.59 Å². The molecule has 0 saturated carbocycles. The van der Waals surface area contributed by atoms with E-state index in [4.69, 9.17) is 4.74 Å². The highest BCUT2D eigenvalue weighted by Gasteiger charge is 2.29. The van der Waals surface area contributed by atoms with Gasteiger partial charge in [-0.1, -0.05) is 12.1 Å². The maximum absolute atomic E-state index is 12.5. The minimum absolute atomic E-state index is 0.100. The molecule has 1 atom stereocenters. The Balaban J connectivity index is 1.55. The van der Waals surface area contributed by atoms with E-state index in [0.29, 0.717) is 26.0 Å². The zero-order valence-electron chi connectivity index (χ0n) is 13.9. The van der Waals surface area contributed by atoms with Crippen LogP contribution in [0, 0.1) is 5.92 Å². The number of fused-ring (bicyclic) bond motifs is 1. The van der Waals surface area contributed by atoms with Crippen LogP contribution in [0.15, 0.2) is 24.3 Å². The summed E-state index contributed by atoms with van der Waals surface area (Å²) in [5.74, 6) is -0.255. The van der Waals surface area contributed by atoms with Crippen molar-refractivity contribution in [2.75, 3.05) is 19.7 Å². The van der Waals surface area contributed by atoms with Crippen LogP contribution in [0.2, 0.25) is 0 Å². The van der Waals surface area contributed by atoms with Gasteiger partial charge in [0.15, 0.2) is 0 Å². The first kappa shape index (κ1) is 16.9. The third-order valence-corrected chi connectivity index (χ3v) is 5.38. The smallest absolute Gasteiger partial charge is 0.310 e. The average Bonchev–Trinajstić information content (AvgIpc) is 3.03. The topological polar surface area (TPSA) is 59.5 Å². The summed E-state index contributed by atoms with van der Waals surface area (Å²) in [6.07, 6.45) is 2.75. The maximum Gasteiger partial charge on any atom is 0.310 e. The van der Waals surface area contributed by atoms with Crippen LogP contribution in [0.25, 0.3) is 10.2 Å². The zero-order valence-corrected chi connectivity index (χ0v) is 14.7. The lowest BCUT2D eigenvalue weighted by Crippen LogP contribution is -2.42. The van der Waals surface area contributed by atoms with Gasteiger partial charge in [0, 0.05) is 25.9 Å². The number of para-hydroxylation sites is 1. The van der Waals surface area contributed by atoms with Gasteiger partial charge < -0.3 is 9.64 Å². The number of hydrogen-bond acceptors (Lipinski definition) is 5. The number of esters is 1. The van der Waals surface area contributed by atoms with Crippen molar-refractivity contribution in [1.82, 2.24) is 9.88 Å². The number of piperidine rings is 1. The fourth-order valence-electron chi connectivity index (χ4n) is 3.06. The van der Waals surface area contributed by atoms with Crippen molar-refractivity contribution in [3.63, 3.8) is 0 Å². The monoisotopic (exact) mass is 346 g/mol. The Bertz CT molecular complexity index is 695. The molecule has 2 heterocycles. The summed E-state index contributed by atoms with van der Waals surface area (Å²) in [4.78, 5) is 30.7. The van der Waals surface area contributed by atoms with Crippen molar-refractivity contribution < 1.29 is 14.3 Å². The minimum Gasteiger partial charge on any atom is -0.466 e. The van der Waals surface area contributed by atoms with E-state index < -0.39 is 0 Å². The van der Waals surface area contributed by atoms with Gasteiger partial charge in [-0.25, -0.2) is 4.98 Å². The number of carbonyl (C=O) groups is 2. The number of rotatable bonds is 5. The number of ether oxygens (including phenoxy) is 1. The zero-order chi connectivity index (χ0) is 16.9. The van der Waals surface area contributed by atoms with Crippen molar-refractivity contribution in [2.24, 2.45) is 5.92 Å². The molecule has 1 amide bonds. The van der Waals surface area contributed by atoms with Gasteiger partial charge in [-0.15, -0.1) is 11.3 Å². The third-order valence-electron chi connectivity index (χ3n) is 4.28. The first-order chi connectivity index (χ1) is 11.7. The summed E-state index contributed by atoms with van der Waals surface area (Å²) in [6.45, 7) is 3.41. The predicted molar refractivity (Wildman–Crippen MR) is 93.9 cm³/mol. The van der Waals surface area contributed by atoms with Crippen LogP contribution in [0.1, 0.15) is 31.2 Å². The Labute approximate surface area is 145 Å². The van der Waals surface area contributed by atoms with Crippen LogP contribution in [0.4, 0.5) is 0 Å². The SMILES string of the molecule is CCOC(=O)[C@@H]1CCCN(C(=O)CCc2nc3ccccc3s2)C1. The van der Waals surface area contributed by atoms with Crippen molar-refractivity contribution >= 4 is 33.4 Å². The minimum atomic E-state index is -0.179. The fraction of sp³-hybridized carbons (Fsp3) is 0.500. The molecule has 128 valence electrons. The molecule has 5 nitrogen and oxygen atoms in total. The molecule has 2 aromatic rings. The van der Waals surface area contributed by atoms with Gasteiger partial charge in [0.05, 0.1) is 27.7 Å². The summed E-state index contributed by atoms with van der Waals surface area (Å²) < 4.78 is 6.24. The second kappa shape index (κ2) is 7.75. The highest BCUT2D eigenvalue weighted by Crippen LogP contribution is 2.23. The van der Waals surface area contributed by atoms with Gasteiger partial charge in [0.1, 0.15) is 0 Å². The summed E-state index contributed by atoms with van der Waals surface area (Å²) >= 11 is 1.64. The standard InChI is InChI=1S/C18H22N2O3S/c1-2-23-18(22)13-6-5-11-20(12-13)17(21)10-9-16-19-14-7-3-4-8-15(14)24-16/h3-4,7-8,13H,2,5-6,9-12H2,1H3/t13-/m1/s1. The Morgan fingerprint density at radius 1 is 1.38 bits per heavy atom. The molecule has 6 heteroatoms. The summed E-state index contributed by atoms with van der Waals surface area (Å²) in [7, 11) is 0. The molecule has 1 aliphatic rings. The largest absolute Gasteiger partial charge is 0.466 e. The Hall–Kier alpha value is -1.95. The molecule has 1 aliphatic heterocycles. The van der Waals surface area contributed by atoms with E-state index >= 15 is 0 Å². The molecule has 1 saturated heterocycles.